The van der Waals surface area contributed by atoms with Crippen molar-refractivity contribution in [2.45, 2.75) is 48.0 Å². The molecule has 2 aromatic rings. The van der Waals surface area contributed by atoms with E-state index in [1.807, 2.05) is 0 Å². The van der Waals surface area contributed by atoms with Gasteiger partial charge < -0.3 is 20.3 Å². The molecule has 2 aliphatic rings. The lowest BCUT2D eigenvalue weighted by Gasteiger charge is -2.30. The molecule has 2 aliphatic heterocycles. The van der Waals surface area contributed by atoms with Crippen molar-refractivity contribution in [3.63, 3.8) is 0 Å². The van der Waals surface area contributed by atoms with Gasteiger partial charge in [0.15, 0.2) is 5.78 Å². The predicted molar refractivity (Wildman–Crippen MR) is 147 cm³/mol. The third-order valence-corrected chi connectivity index (χ3v) is 8.22. The van der Waals surface area contributed by atoms with Crippen molar-refractivity contribution in [2.75, 3.05) is 44.7 Å². The van der Waals surface area contributed by atoms with Crippen LogP contribution in [0.5, 0.6) is 0 Å². The van der Waals surface area contributed by atoms with Crippen LogP contribution in [0.25, 0.3) is 6.08 Å². The van der Waals surface area contributed by atoms with Crippen LogP contribution < -0.4 is 10.6 Å². The summed E-state index contributed by atoms with van der Waals surface area (Å²) in [4.78, 5) is 25.8. The van der Waals surface area contributed by atoms with Crippen LogP contribution in [0.15, 0.2) is 52.3 Å². The van der Waals surface area contributed by atoms with Crippen molar-refractivity contribution < 1.29 is 40.7 Å². The zero-order chi connectivity index (χ0) is 30.5. The number of nitrogens with zero attached hydrogens (tertiary/aromatic N) is 1. The molecule has 1 atom stereocenters. The lowest BCUT2D eigenvalue weighted by Crippen LogP contribution is -2.41. The van der Waals surface area contributed by atoms with Crippen LogP contribution in [0.3, 0.4) is 0 Å². The molecule has 1 amide bonds. The average molecular weight is 616 g/mol. The van der Waals surface area contributed by atoms with Crippen LogP contribution in [0.2, 0.25) is 0 Å². The van der Waals surface area contributed by atoms with Crippen molar-refractivity contribution in [1.82, 2.24) is 10.2 Å². The Hall–Kier alpha value is -3.03. The van der Waals surface area contributed by atoms with E-state index >= 15 is 0 Å². The first-order valence-corrected chi connectivity index (χ1v) is 14.3. The van der Waals surface area contributed by atoms with Gasteiger partial charge in [0.1, 0.15) is 0 Å². The van der Waals surface area contributed by atoms with Gasteiger partial charge in [-0.3, -0.25) is 9.59 Å². The van der Waals surface area contributed by atoms with Gasteiger partial charge >= 0.3 is 12.4 Å². The van der Waals surface area contributed by atoms with Crippen LogP contribution in [0.4, 0.5) is 32.0 Å². The monoisotopic (exact) mass is 615 g/mol. The number of carbonyl (C=O) groups excluding carboxylic acids is 2. The zero-order valence-corrected chi connectivity index (χ0v) is 23.6. The second kappa shape index (κ2) is 13.5. The Morgan fingerprint density at radius 1 is 1.02 bits per heavy atom. The van der Waals surface area contributed by atoms with E-state index in [1.54, 1.807) is 12.1 Å². The second-order valence-corrected chi connectivity index (χ2v) is 11.2. The molecule has 13 heteroatoms. The van der Waals surface area contributed by atoms with Gasteiger partial charge in [-0.1, -0.05) is 23.9 Å². The number of amides is 1. The highest BCUT2D eigenvalue weighted by molar-refractivity contribution is 7.99. The van der Waals surface area contributed by atoms with Crippen LogP contribution in [-0.4, -0.2) is 62.0 Å². The molecule has 228 valence electrons. The number of halogens is 6. The molecular formula is C29H31F6N3O3S. The van der Waals surface area contributed by atoms with Crippen LogP contribution >= 0.6 is 11.8 Å². The Morgan fingerprint density at radius 3 is 2.31 bits per heavy atom. The summed E-state index contributed by atoms with van der Waals surface area (Å²) < 4.78 is 90.6. The Kier molecular flexibility index (Phi) is 10.3. The summed E-state index contributed by atoms with van der Waals surface area (Å²) in [5, 5.41) is 6.40. The quantitative estimate of drug-likeness (QED) is 0.276. The first-order valence-electron chi connectivity index (χ1n) is 13.5. The van der Waals surface area contributed by atoms with Gasteiger partial charge in [-0.05, 0) is 74.7 Å². The highest BCUT2D eigenvalue weighted by Crippen LogP contribution is 2.48. The van der Waals surface area contributed by atoms with Crippen LogP contribution in [-0.2, 0) is 26.7 Å². The molecule has 2 saturated heterocycles. The third-order valence-electron chi connectivity index (χ3n) is 7.17. The number of ketones is 1. The van der Waals surface area contributed by atoms with E-state index in [2.05, 4.69) is 10.6 Å². The molecule has 2 fully saturated rings. The summed E-state index contributed by atoms with van der Waals surface area (Å²) in [5.74, 6) is -0.622. The van der Waals surface area contributed by atoms with Gasteiger partial charge in [0, 0.05) is 34.6 Å². The highest BCUT2D eigenvalue weighted by atomic mass is 32.2. The van der Waals surface area contributed by atoms with Crippen molar-refractivity contribution in [3.05, 3.63) is 59.2 Å². The van der Waals surface area contributed by atoms with Gasteiger partial charge in [-0.25, -0.2) is 0 Å². The van der Waals surface area contributed by atoms with E-state index in [4.69, 9.17) is 4.74 Å². The van der Waals surface area contributed by atoms with E-state index in [1.165, 1.54) is 24.0 Å². The molecule has 2 heterocycles. The van der Waals surface area contributed by atoms with Gasteiger partial charge in [0.25, 0.3) is 0 Å². The van der Waals surface area contributed by atoms with Crippen molar-refractivity contribution in [2.24, 2.45) is 5.92 Å². The molecule has 42 heavy (non-hydrogen) atoms. The molecule has 0 bridgehead atoms. The topological polar surface area (TPSA) is 70.7 Å². The van der Waals surface area contributed by atoms with Crippen LogP contribution in [0, 0.1) is 5.92 Å². The molecule has 0 aliphatic carbocycles. The van der Waals surface area contributed by atoms with Crippen molar-refractivity contribution in [3.8, 4) is 0 Å². The molecular weight excluding hydrogens is 584 g/mol. The number of anilines is 1. The summed E-state index contributed by atoms with van der Waals surface area (Å²) in [7, 11) is 0. The zero-order valence-electron chi connectivity index (χ0n) is 22.8. The van der Waals surface area contributed by atoms with E-state index in [0.29, 0.717) is 17.4 Å². The molecule has 1 unspecified atom stereocenters. The molecule has 6 nitrogen and oxygen atoms in total. The number of carbonyl (C=O) groups is 2. The minimum atomic E-state index is -5.35. The van der Waals surface area contributed by atoms with Crippen molar-refractivity contribution in [1.29, 1.82) is 0 Å². The number of rotatable bonds is 8. The fraction of sp³-hybridized carbons (Fsp3) is 0.448. The fourth-order valence-electron chi connectivity index (χ4n) is 5.15. The van der Waals surface area contributed by atoms with Gasteiger partial charge in [0.2, 0.25) is 5.91 Å². The fourth-order valence-corrected chi connectivity index (χ4v) is 6.19. The lowest BCUT2D eigenvalue weighted by molar-refractivity contribution is -0.163. The Balaban J connectivity index is 1.65. The van der Waals surface area contributed by atoms with Crippen molar-refractivity contribution >= 4 is 35.2 Å². The smallest absolute Gasteiger partial charge is 0.378 e. The summed E-state index contributed by atoms with van der Waals surface area (Å²) in [6.45, 7) is 4.00. The Morgan fingerprint density at radius 2 is 1.69 bits per heavy atom. The molecule has 0 aromatic heterocycles. The number of Topliss-reactive ketones (excluding diaryl/α,β-unsaturated/α-hetero) is 1. The molecule has 0 radical (unpaired) electrons. The van der Waals surface area contributed by atoms with E-state index in [-0.39, 0.29) is 42.9 Å². The van der Waals surface area contributed by atoms with Gasteiger partial charge in [0.05, 0.1) is 30.4 Å². The summed E-state index contributed by atoms with van der Waals surface area (Å²) in [6.07, 6.45) is -7.51. The number of nitrogens with one attached hydrogen (secondary N) is 2. The lowest BCUT2D eigenvalue weighted by atomic mass is 9.88. The minimum absolute atomic E-state index is 0.0713. The number of benzene rings is 2. The SMILES string of the molecule is CC(=O)C(Nc1cccc(Sc2ccc(C=CC(=O)N3CCOCC3)c(C(F)(F)F)c2C(F)(F)F)c1)C1CCNCC1. The maximum absolute atomic E-state index is 14.3. The predicted octanol–water partition coefficient (Wildman–Crippen LogP) is 6.12. The first-order chi connectivity index (χ1) is 19.8. The van der Waals surface area contributed by atoms with Gasteiger partial charge in [-0.15, -0.1) is 0 Å². The van der Waals surface area contributed by atoms with E-state index in [0.717, 1.165) is 50.2 Å². The van der Waals surface area contributed by atoms with E-state index < -0.39 is 45.9 Å². The number of hydrogen-bond donors (Lipinski definition) is 2. The minimum Gasteiger partial charge on any atom is -0.378 e. The van der Waals surface area contributed by atoms with E-state index in [9.17, 15) is 35.9 Å². The summed E-state index contributed by atoms with van der Waals surface area (Å²) in [6, 6.07) is 7.66. The molecule has 2 aromatic carbocycles. The summed E-state index contributed by atoms with van der Waals surface area (Å²) in [5.41, 5.74) is -3.97. The number of alkyl halides is 6. The normalized spacial score (nSPS) is 17.8. The van der Waals surface area contributed by atoms with Gasteiger partial charge in [-0.2, -0.15) is 26.3 Å². The maximum Gasteiger partial charge on any atom is 0.418 e. The molecule has 4 rings (SSSR count). The highest BCUT2D eigenvalue weighted by Gasteiger charge is 2.46. The third kappa shape index (κ3) is 8.07. The van der Waals surface area contributed by atoms with Crippen LogP contribution in [0.1, 0.15) is 36.5 Å². The number of morpholine rings is 1. The second-order valence-electron chi connectivity index (χ2n) is 10.1. The standard InChI is InChI=1S/C29H31F6N3O3S/c1-18(39)27(20-9-11-36-12-10-20)37-21-3-2-4-22(17-21)42-23-7-5-19(6-8-24(40)38-13-15-41-16-14-38)25(28(30,31)32)26(23)29(33,34)35/h2-8,17,20,27,36-37H,9-16H2,1H3. The molecule has 0 spiro atoms. The number of hydrogen-bond acceptors (Lipinski definition) is 6. The number of ether oxygens (including phenoxy) is 1. The summed E-state index contributed by atoms with van der Waals surface area (Å²) >= 11 is 0.544. The average Bonchev–Trinajstić information content (AvgIpc) is 2.94. The molecule has 0 saturated carbocycles. The maximum atomic E-state index is 14.3. The largest absolute Gasteiger partial charge is 0.418 e. The first kappa shape index (κ1) is 31.9. The Bertz CT molecular complexity index is 1300. The Labute approximate surface area is 243 Å². The number of piperidine rings is 1. The molecule has 2 N–H and O–H groups in total.